The van der Waals surface area contributed by atoms with E-state index in [1.54, 1.807) is 0 Å². The smallest absolute Gasteiger partial charge is 0.0390 e. The van der Waals surface area contributed by atoms with E-state index in [0.717, 1.165) is 13.1 Å². The number of hydrazine groups is 1. The molecule has 0 unspecified atom stereocenters. The van der Waals surface area contributed by atoms with Gasteiger partial charge in [0.15, 0.2) is 0 Å². The normalized spacial score (nSPS) is 18.8. The largest absolute Gasteiger partial charge is 0.255 e. The van der Waals surface area contributed by atoms with Crippen LogP contribution in [-0.4, -0.2) is 18.1 Å². The van der Waals surface area contributed by atoms with Crippen molar-refractivity contribution in [2.24, 2.45) is 0 Å². The lowest BCUT2D eigenvalue weighted by Gasteiger charge is -2.13. The SMILES string of the molecule is Cc1cc(CN2CCCN2)cs1. The Hall–Kier alpha value is -0.380. The molecule has 1 N–H and O–H groups in total. The van der Waals surface area contributed by atoms with Crippen LogP contribution >= 0.6 is 11.3 Å². The highest BCUT2D eigenvalue weighted by Gasteiger charge is 2.10. The molecule has 2 rings (SSSR count). The van der Waals surface area contributed by atoms with Gasteiger partial charge in [-0.25, -0.2) is 5.01 Å². The summed E-state index contributed by atoms with van der Waals surface area (Å²) in [5, 5.41) is 4.54. The highest BCUT2D eigenvalue weighted by Crippen LogP contribution is 2.15. The Morgan fingerprint density at radius 1 is 1.67 bits per heavy atom. The molecule has 12 heavy (non-hydrogen) atoms. The fourth-order valence-corrected chi connectivity index (χ4v) is 2.22. The van der Waals surface area contributed by atoms with Gasteiger partial charge in [0.2, 0.25) is 0 Å². The molecule has 0 atom stereocenters. The minimum absolute atomic E-state index is 1.06. The van der Waals surface area contributed by atoms with Crippen LogP contribution in [0, 0.1) is 6.92 Å². The van der Waals surface area contributed by atoms with Gasteiger partial charge in [0.1, 0.15) is 0 Å². The topological polar surface area (TPSA) is 15.3 Å². The van der Waals surface area contributed by atoms with Gasteiger partial charge in [0.25, 0.3) is 0 Å². The Labute approximate surface area is 77.2 Å². The molecule has 1 fully saturated rings. The van der Waals surface area contributed by atoms with Gasteiger partial charge in [0, 0.05) is 24.5 Å². The number of hydrogen-bond donors (Lipinski definition) is 1. The van der Waals surface area contributed by atoms with Crippen LogP contribution < -0.4 is 5.43 Å². The molecule has 3 heteroatoms. The highest BCUT2D eigenvalue weighted by molar-refractivity contribution is 7.10. The zero-order chi connectivity index (χ0) is 8.39. The minimum Gasteiger partial charge on any atom is -0.255 e. The van der Waals surface area contributed by atoms with Crippen LogP contribution in [0.15, 0.2) is 11.4 Å². The first kappa shape index (κ1) is 8.23. The number of rotatable bonds is 2. The molecule has 1 aromatic heterocycles. The lowest BCUT2D eigenvalue weighted by molar-refractivity contribution is 0.245. The molecule has 1 saturated heterocycles. The minimum atomic E-state index is 1.06. The summed E-state index contributed by atoms with van der Waals surface area (Å²) in [4.78, 5) is 1.41. The van der Waals surface area contributed by atoms with E-state index in [1.165, 1.54) is 23.4 Å². The Balaban J connectivity index is 1.94. The van der Waals surface area contributed by atoms with Crippen molar-refractivity contribution in [2.45, 2.75) is 19.9 Å². The maximum atomic E-state index is 3.35. The summed E-state index contributed by atoms with van der Waals surface area (Å²) in [5.41, 5.74) is 4.79. The predicted molar refractivity (Wildman–Crippen MR) is 52.1 cm³/mol. The third-order valence-electron chi connectivity index (χ3n) is 2.10. The van der Waals surface area contributed by atoms with Gasteiger partial charge in [-0.05, 0) is 30.4 Å². The molecular formula is C9H14N2S. The van der Waals surface area contributed by atoms with Crippen LogP contribution in [0.5, 0.6) is 0 Å². The van der Waals surface area contributed by atoms with Crippen molar-refractivity contribution >= 4 is 11.3 Å². The van der Waals surface area contributed by atoms with Crippen LogP contribution in [0.25, 0.3) is 0 Å². The van der Waals surface area contributed by atoms with Crippen molar-refractivity contribution in [2.75, 3.05) is 13.1 Å². The molecule has 0 aromatic carbocycles. The summed E-state index contributed by atoms with van der Waals surface area (Å²) in [7, 11) is 0. The number of thiophene rings is 1. The zero-order valence-electron chi connectivity index (χ0n) is 7.34. The molecule has 0 radical (unpaired) electrons. The Morgan fingerprint density at radius 2 is 2.58 bits per heavy atom. The summed E-state index contributed by atoms with van der Waals surface area (Å²) in [6.07, 6.45) is 1.28. The first-order chi connectivity index (χ1) is 5.84. The number of hydrogen-bond acceptors (Lipinski definition) is 3. The summed E-state index contributed by atoms with van der Waals surface area (Å²) in [6, 6.07) is 2.27. The van der Waals surface area contributed by atoms with Gasteiger partial charge in [-0.3, -0.25) is 5.43 Å². The van der Waals surface area contributed by atoms with Crippen molar-refractivity contribution < 1.29 is 0 Å². The standard InChI is InChI=1S/C9H14N2S/c1-8-5-9(7-12-8)6-11-4-2-3-10-11/h5,7,10H,2-4,6H2,1H3. The summed E-state index contributed by atoms with van der Waals surface area (Å²) >= 11 is 1.83. The molecule has 1 aliphatic rings. The van der Waals surface area contributed by atoms with E-state index >= 15 is 0 Å². The van der Waals surface area contributed by atoms with Crippen molar-refractivity contribution in [1.82, 2.24) is 10.4 Å². The molecule has 1 aliphatic heterocycles. The average molecular weight is 182 g/mol. The van der Waals surface area contributed by atoms with E-state index in [4.69, 9.17) is 0 Å². The molecule has 0 amide bonds. The van der Waals surface area contributed by atoms with Crippen LogP contribution in [-0.2, 0) is 6.54 Å². The number of aryl methyl sites for hydroxylation is 1. The van der Waals surface area contributed by atoms with Gasteiger partial charge in [0.05, 0.1) is 0 Å². The van der Waals surface area contributed by atoms with Gasteiger partial charge in [-0.1, -0.05) is 0 Å². The molecule has 66 valence electrons. The van der Waals surface area contributed by atoms with E-state index in [1.807, 2.05) is 11.3 Å². The lowest BCUT2D eigenvalue weighted by atomic mass is 10.3. The summed E-state index contributed by atoms with van der Waals surface area (Å²) < 4.78 is 0. The first-order valence-corrected chi connectivity index (χ1v) is 5.25. The van der Waals surface area contributed by atoms with Gasteiger partial charge >= 0.3 is 0 Å². The van der Waals surface area contributed by atoms with Crippen LogP contribution in [0.4, 0.5) is 0 Å². The molecule has 0 bridgehead atoms. The lowest BCUT2D eigenvalue weighted by Crippen LogP contribution is -2.29. The van der Waals surface area contributed by atoms with E-state index in [2.05, 4.69) is 28.8 Å². The maximum Gasteiger partial charge on any atom is 0.0390 e. The van der Waals surface area contributed by atoms with E-state index < -0.39 is 0 Å². The predicted octanol–water partition coefficient (Wildman–Crippen LogP) is 1.77. The third-order valence-corrected chi connectivity index (χ3v) is 3.01. The number of nitrogens with one attached hydrogen (secondary N) is 1. The monoisotopic (exact) mass is 182 g/mol. The average Bonchev–Trinajstić information content (AvgIpc) is 2.63. The second-order valence-electron chi connectivity index (χ2n) is 3.25. The van der Waals surface area contributed by atoms with Gasteiger partial charge < -0.3 is 0 Å². The second kappa shape index (κ2) is 3.56. The zero-order valence-corrected chi connectivity index (χ0v) is 8.16. The Kier molecular flexibility index (Phi) is 2.44. The molecule has 1 aromatic rings. The molecule has 0 aliphatic carbocycles. The third kappa shape index (κ3) is 1.86. The van der Waals surface area contributed by atoms with Crippen LogP contribution in [0.2, 0.25) is 0 Å². The van der Waals surface area contributed by atoms with E-state index in [0.29, 0.717) is 0 Å². The van der Waals surface area contributed by atoms with Gasteiger partial charge in [-0.2, -0.15) is 0 Å². The first-order valence-electron chi connectivity index (χ1n) is 4.37. The quantitative estimate of drug-likeness (QED) is 0.750. The molecule has 2 heterocycles. The molecule has 0 saturated carbocycles. The molecule has 2 nitrogen and oxygen atoms in total. The van der Waals surface area contributed by atoms with Gasteiger partial charge in [-0.15, -0.1) is 11.3 Å². The fraction of sp³-hybridized carbons (Fsp3) is 0.556. The highest BCUT2D eigenvalue weighted by atomic mass is 32.1. The van der Waals surface area contributed by atoms with Crippen LogP contribution in [0.1, 0.15) is 16.9 Å². The van der Waals surface area contributed by atoms with E-state index in [-0.39, 0.29) is 0 Å². The molecular weight excluding hydrogens is 168 g/mol. The van der Waals surface area contributed by atoms with Crippen molar-refractivity contribution in [3.63, 3.8) is 0 Å². The maximum absolute atomic E-state index is 3.35. The van der Waals surface area contributed by atoms with Crippen molar-refractivity contribution in [1.29, 1.82) is 0 Å². The fourth-order valence-electron chi connectivity index (χ4n) is 1.52. The summed E-state index contributed by atoms with van der Waals surface area (Å²) in [5.74, 6) is 0. The number of nitrogens with zero attached hydrogens (tertiary/aromatic N) is 1. The second-order valence-corrected chi connectivity index (χ2v) is 4.36. The Morgan fingerprint density at radius 3 is 3.17 bits per heavy atom. The van der Waals surface area contributed by atoms with Crippen molar-refractivity contribution in [3.05, 3.63) is 21.9 Å². The van der Waals surface area contributed by atoms with Crippen molar-refractivity contribution in [3.8, 4) is 0 Å². The summed E-state index contributed by atoms with van der Waals surface area (Å²) in [6.45, 7) is 5.55. The van der Waals surface area contributed by atoms with Crippen LogP contribution in [0.3, 0.4) is 0 Å². The van der Waals surface area contributed by atoms with E-state index in [9.17, 15) is 0 Å². The molecule has 0 spiro atoms. The Bertz CT molecular complexity index is 251.